The zero-order valence-corrected chi connectivity index (χ0v) is 12.9. The second kappa shape index (κ2) is 6.68. The minimum Gasteiger partial charge on any atom is -0.433 e. The molecular weight excluding hydrogens is 310 g/mol. The highest BCUT2D eigenvalue weighted by Crippen LogP contribution is 2.27. The van der Waals surface area contributed by atoms with Crippen LogP contribution in [0.15, 0.2) is 0 Å². The summed E-state index contributed by atoms with van der Waals surface area (Å²) in [5.41, 5.74) is 0. The maximum absolute atomic E-state index is 13.2. The average molecular weight is 332 g/mol. The minimum absolute atomic E-state index is 0.00619. The summed E-state index contributed by atoms with van der Waals surface area (Å²) in [5, 5.41) is 5.12. The summed E-state index contributed by atoms with van der Waals surface area (Å²) in [4.78, 5) is 23.6. The van der Waals surface area contributed by atoms with Gasteiger partial charge in [-0.2, -0.15) is 0 Å². The Kier molecular flexibility index (Phi) is 4.82. The molecule has 3 fully saturated rings. The van der Waals surface area contributed by atoms with Crippen LogP contribution in [-0.2, 0) is 19.1 Å². The Bertz CT molecular complexity index is 468. The van der Waals surface area contributed by atoms with E-state index in [0.717, 1.165) is 25.7 Å². The van der Waals surface area contributed by atoms with E-state index in [-0.39, 0.29) is 12.5 Å². The highest BCUT2D eigenvalue weighted by Gasteiger charge is 2.45. The number of amides is 1. The number of rotatable bonds is 4. The lowest BCUT2D eigenvalue weighted by atomic mass is 9.98. The van der Waals surface area contributed by atoms with Gasteiger partial charge in [-0.1, -0.05) is 19.3 Å². The van der Waals surface area contributed by atoms with Crippen molar-refractivity contribution in [2.24, 2.45) is 0 Å². The molecule has 2 aliphatic heterocycles. The second-order valence-electron chi connectivity index (χ2n) is 6.57. The van der Waals surface area contributed by atoms with Gasteiger partial charge in [-0.15, -0.1) is 0 Å². The standard InChI is InChI=1S/C15H22F2N2O4/c16-15(17)7-11(18-8-15)13(21)19-10-6-12(20)23-14(10)22-9-4-2-1-3-5-9/h9-11,14,18H,1-8H2,(H,19,21). The zero-order valence-electron chi connectivity index (χ0n) is 12.9. The van der Waals surface area contributed by atoms with Gasteiger partial charge >= 0.3 is 5.97 Å². The first-order valence-electron chi connectivity index (χ1n) is 8.19. The van der Waals surface area contributed by atoms with Gasteiger partial charge in [0.25, 0.3) is 5.92 Å². The van der Waals surface area contributed by atoms with Gasteiger partial charge < -0.3 is 14.8 Å². The van der Waals surface area contributed by atoms with E-state index in [2.05, 4.69) is 10.6 Å². The molecule has 3 atom stereocenters. The van der Waals surface area contributed by atoms with Crippen molar-refractivity contribution in [2.45, 2.75) is 75.3 Å². The molecule has 2 N–H and O–H groups in total. The molecule has 6 nitrogen and oxygen atoms in total. The van der Waals surface area contributed by atoms with Crippen molar-refractivity contribution < 1.29 is 27.8 Å². The molecule has 1 aliphatic carbocycles. The van der Waals surface area contributed by atoms with E-state index in [4.69, 9.17) is 9.47 Å². The number of halogens is 2. The third-order valence-electron chi connectivity index (χ3n) is 4.60. The second-order valence-corrected chi connectivity index (χ2v) is 6.57. The van der Waals surface area contributed by atoms with Crippen LogP contribution in [0.25, 0.3) is 0 Å². The number of alkyl halides is 2. The molecule has 0 radical (unpaired) electrons. The number of carbonyl (C=O) groups is 2. The highest BCUT2D eigenvalue weighted by atomic mass is 19.3. The summed E-state index contributed by atoms with van der Waals surface area (Å²) in [6, 6.07) is -1.57. The van der Waals surface area contributed by atoms with Gasteiger partial charge in [-0.25, -0.2) is 8.78 Å². The molecule has 1 saturated carbocycles. The van der Waals surface area contributed by atoms with Crippen LogP contribution in [0.5, 0.6) is 0 Å². The lowest BCUT2D eigenvalue weighted by Gasteiger charge is -2.28. The van der Waals surface area contributed by atoms with E-state index in [1.165, 1.54) is 6.42 Å². The molecular formula is C15H22F2N2O4. The molecule has 0 aromatic heterocycles. The summed E-state index contributed by atoms with van der Waals surface area (Å²) in [6.07, 6.45) is 3.81. The van der Waals surface area contributed by atoms with Gasteiger partial charge in [-0.3, -0.25) is 14.9 Å². The zero-order chi connectivity index (χ0) is 16.4. The van der Waals surface area contributed by atoms with Crippen LogP contribution in [0.4, 0.5) is 8.78 Å². The van der Waals surface area contributed by atoms with Crippen molar-refractivity contribution in [3.8, 4) is 0 Å². The minimum atomic E-state index is -2.87. The molecule has 1 amide bonds. The molecule has 0 aromatic carbocycles. The van der Waals surface area contributed by atoms with E-state index in [9.17, 15) is 18.4 Å². The molecule has 23 heavy (non-hydrogen) atoms. The molecule has 3 unspecified atom stereocenters. The van der Waals surface area contributed by atoms with Crippen molar-refractivity contribution in [3.05, 3.63) is 0 Å². The van der Waals surface area contributed by atoms with Crippen LogP contribution < -0.4 is 10.6 Å². The third-order valence-corrected chi connectivity index (χ3v) is 4.60. The van der Waals surface area contributed by atoms with Crippen molar-refractivity contribution in [3.63, 3.8) is 0 Å². The SMILES string of the molecule is O=C1CC(NC(=O)C2CC(F)(F)CN2)C(OC2CCCCC2)O1. The number of esters is 1. The van der Waals surface area contributed by atoms with Crippen LogP contribution >= 0.6 is 0 Å². The van der Waals surface area contributed by atoms with Gasteiger partial charge in [0.05, 0.1) is 25.1 Å². The molecule has 2 saturated heterocycles. The maximum Gasteiger partial charge on any atom is 0.310 e. The van der Waals surface area contributed by atoms with Gasteiger partial charge in [0.1, 0.15) is 6.04 Å². The van der Waals surface area contributed by atoms with E-state index >= 15 is 0 Å². The summed E-state index contributed by atoms with van der Waals surface area (Å²) >= 11 is 0. The van der Waals surface area contributed by atoms with Crippen LogP contribution in [0, 0.1) is 0 Å². The summed E-state index contributed by atoms with van der Waals surface area (Å²) < 4.78 is 37.3. The first-order chi connectivity index (χ1) is 10.9. The Hall–Kier alpha value is -1.28. The van der Waals surface area contributed by atoms with Crippen LogP contribution in [0.1, 0.15) is 44.9 Å². The monoisotopic (exact) mass is 332 g/mol. The van der Waals surface area contributed by atoms with Gasteiger partial charge in [0, 0.05) is 6.42 Å². The fourth-order valence-electron chi connectivity index (χ4n) is 3.35. The molecule has 8 heteroatoms. The summed E-state index contributed by atoms with van der Waals surface area (Å²) in [5.74, 6) is -3.86. The Morgan fingerprint density at radius 2 is 2.04 bits per heavy atom. The molecule has 0 spiro atoms. The van der Waals surface area contributed by atoms with E-state index < -0.39 is 49.1 Å². The molecule has 0 bridgehead atoms. The normalized spacial score (nSPS) is 34.3. The smallest absolute Gasteiger partial charge is 0.310 e. The average Bonchev–Trinajstić information content (AvgIpc) is 3.03. The summed E-state index contributed by atoms with van der Waals surface area (Å²) in [6.45, 7) is -0.507. The number of ether oxygens (including phenoxy) is 2. The Morgan fingerprint density at radius 1 is 1.30 bits per heavy atom. The van der Waals surface area contributed by atoms with Crippen molar-refractivity contribution in [1.29, 1.82) is 0 Å². The number of hydrogen-bond donors (Lipinski definition) is 2. The van der Waals surface area contributed by atoms with Gasteiger partial charge in [-0.05, 0) is 12.8 Å². The quantitative estimate of drug-likeness (QED) is 0.754. The van der Waals surface area contributed by atoms with Crippen LogP contribution in [0.3, 0.4) is 0 Å². The summed E-state index contributed by atoms with van der Waals surface area (Å²) in [7, 11) is 0. The first-order valence-corrected chi connectivity index (χ1v) is 8.19. The Morgan fingerprint density at radius 3 is 2.70 bits per heavy atom. The number of nitrogens with one attached hydrogen (secondary N) is 2. The van der Waals surface area contributed by atoms with Crippen molar-refractivity contribution in [2.75, 3.05) is 6.54 Å². The number of carbonyl (C=O) groups excluding carboxylic acids is 2. The van der Waals surface area contributed by atoms with Crippen LogP contribution in [0.2, 0.25) is 0 Å². The van der Waals surface area contributed by atoms with Crippen LogP contribution in [-0.4, -0.2) is 48.8 Å². The van der Waals surface area contributed by atoms with Gasteiger partial charge in [0.2, 0.25) is 12.2 Å². The maximum atomic E-state index is 13.2. The third kappa shape index (κ3) is 4.17. The van der Waals surface area contributed by atoms with Crippen molar-refractivity contribution in [1.82, 2.24) is 10.6 Å². The van der Waals surface area contributed by atoms with E-state index in [0.29, 0.717) is 0 Å². The fraction of sp³-hybridized carbons (Fsp3) is 0.867. The molecule has 2 heterocycles. The molecule has 0 aromatic rings. The highest BCUT2D eigenvalue weighted by molar-refractivity contribution is 5.84. The predicted octanol–water partition coefficient (Wildman–Crippen LogP) is 1.09. The van der Waals surface area contributed by atoms with E-state index in [1.807, 2.05) is 0 Å². The number of hydrogen-bond acceptors (Lipinski definition) is 5. The lowest BCUT2D eigenvalue weighted by molar-refractivity contribution is -0.179. The largest absolute Gasteiger partial charge is 0.433 e. The van der Waals surface area contributed by atoms with Gasteiger partial charge in [0.15, 0.2) is 0 Å². The Labute approximate surface area is 133 Å². The molecule has 3 aliphatic rings. The van der Waals surface area contributed by atoms with E-state index in [1.54, 1.807) is 0 Å². The molecule has 130 valence electrons. The number of cyclic esters (lactones) is 1. The predicted molar refractivity (Wildman–Crippen MR) is 75.7 cm³/mol. The molecule has 3 rings (SSSR count). The fourth-order valence-corrected chi connectivity index (χ4v) is 3.35. The topological polar surface area (TPSA) is 76.7 Å². The Balaban J connectivity index is 1.54. The first kappa shape index (κ1) is 16.6. The van der Waals surface area contributed by atoms with Crippen molar-refractivity contribution >= 4 is 11.9 Å². The lowest BCUT2D eigenvalue weighted by Crippen LogP contribution is -2.49.